The highest BCUT2D eigenvalue weighted by molar-refractivity contribution is 6.32. The minimum atomic E-state index is 0.0589. The zero-order valence-electron chi connectivity index (χ0n) is 8.68. The second-order valence-electron chi connectivity index (χ2n) is 3.32. The van der Waals surface area contributed by atoms with Crippen molar-refractivity contribution < 1.29 is 0 Å². The highest BCUT2D eigenvalue weighted by Crippen LogP contribution is 2.29. The molecule has 0 fully saturated rings. The number of anilines is 2. The minimum absolute atomic E-state index is 0.0589. The molecule has 0 saturated heterocycles. The van der Waals surface area contributed by atoms with Gasteiger partial charge in [-0.15, -0.1) is 0 Å². The van der Waals surface area contributed by atoms with Crippen LogP contribution in [0, 0.1) is 11.3 Å². The summed E-state index contributed by atoms with van der Waals surface area (Å²) in [5.41, 5.74) is 13.3. The SMILES string of the molecule is N#Cc1ccc(-c2nc(N)nc(Cl)c2N)cc1. The van der Waals surface area contributed by atoms with Gasteiger partial charge < -0.3 is 11.5 Å². The molecule has 4 N–H and O–H groups in total. The zero-order chi connectivity index (χ0) is 12.4. The van der Waals surface area contributed by atoms with E-state index in [0.29, 0.717) is 11.3 Å². The molecule has 0 bridgehead atoms. The quantitative estimate of drug-likeness (QED) is 0.747. The molecular weight excluding hydrogens is 238 g/mol. The van der Waals surface area contributed by atoms with Crippen molar-refractivity contribution >= 4 is 23.2 Å². The Morgan fingerprint density at radius 2 is 1.76 bits per heavy atom. The number of hydrogen-bond acceptors (Lipinski definition) is 5. The van der Waals surface area contributed by atoms with Crippen LogP contribution in [0.5, 0.6) is 0 Å². The number of benzene rings is 1. The molecule has 0 amide bonds. The molecule has 1 aromatic carbocycles. The van der Waals surface area contributed by atoms with Crippen molar-refractivity contribution in [1.82, 2.24) is 9.97 Å². The second-order valence-corrected chi connectivity index (χ2v) is 3.68. The fraction of sp³-hybridized carbons (Fsp3) is 0. The number of halogens is 1. The van der Waals surface area contributed by atoms with E-state index in [0.717, 1.165) is 5.56 Å². The van der Waals surface area contributed by atoms with Crippen LogP contribution in [-0.2, 0) is 0 Å². The molecule has 0 saturated carbocycles. The molecule has 1 heterocycles. The molecule has 0 spiro atoms. The number of nitrogens with two attached hydrogens (primary N) is 2. The van der Waals surface area contributed by atoms with Gasteiger partial charge in [-0.1, -0.05) is 23.7 Å². The maximum absolute atomic E-state index is 8.70. The van der Waals surface area contributed by atoms with Crippen LogP contribution < -0.4 is 11.5 Å². The molecule has 1 aromatic heterocycles. The molecule has 0 aliphatic carbocycles. The lowest BCUT2D eigenvalue weighted by Gasteiger charge is -2.06. The van der Waals surface area contributed by atoms with Gasteiger partial charge in [0, 0.05) is 5.56 Å². The van der Waals surface area contributed by atoms with Crippen LogP contribution in [-0.4, -0.2) is 9.97 Å². The molecule has 0 radical (unpaired) electrons. The number of aromatic nitrogens is 2. The van der Waals surface area contributed by atoms with Crippen molar-refractivity contribution in [2.75, 3.05) is 11.5 Å². The monoisotopic (exact) mass is 245 g/mol. The first-order valence-electron chi connectivity index (χ1n) is 4.71. The number of nitriles is 1. The molecular formula is C11H8ClN5. The first kappa shape index (κ1) is 11.2. The van der Waals surface area contributed by atoms with E-state index in [1.54, 1.807) is 24.3 Å². The van der Waals surface area contributed by atoms with Crippen molar-refractivity contribution in [3.05, 3.63) is 35.0 Å². The van der Waals surface area contributed by atoms with Crippen molar-refractivity contribution in [3.63, 3.8) is 0 Å². The van der Waals surface area contributed by atoms with E-state index in [9.17, 15) is 0 Å². The summed E-state index contributed by atoms with van der Waals surface area (Å²) >= 11 is 5.82. The summed E-state index contributed by atoms with van der Waals surface area (Å²) in [6.07, 6.45) is 0. The third-order valence-corrected chi connectivity index (χ3v) is 2.49. The van der Waals surface area contributed by atoms with E-state index in [4.69, 9.17) is 28.3 Å². The first-order valence-corrected chi connectivity index (χ1v) is 5.08. The molecule has 6 heteroatoms. The third kappa shape index (κ3) is 2.12. The van der Waals surface area contributed by atoms with Gasteiger partial charge in [-0.3, -0.25) is 0 Å². The van der Waals surface area contributed by atoms with Gasteiger partial charge in [0.15, 0.2) is 5.15 Å². The normalized spacial score (nSPS) is 9.88. The summed E-state index contributed by atoms with van der Waals surface area (Å²) in [6, 6.07) is 8.82. The Labute approximate surface area is 103 Å². The molecule has 0 unspecified atom stereocenters. The van der Waals surface area contributed by atoms with Crippen molar-refractivity contribution in [2.45, 2.75) is 0 Å². The van der Waals surface area contributed by atoms with Crippen molar-refractivity contribution in [1.29, 1.82) is 5.26 Å². The summed E-state index contributed by atoms with van der Waals surface area (Å²) in [4.78, 5) is 7.78. The van der Waals surface area contributed by atoms with Crippen LogP contribution in [0.2, 0.25) is 5.15 Å². The van der Waals surface area contributed by atoms with Gasteiger partial charge in [-0.2, -0.15) is 10.2 Å². The van der Waals surface area contributed by atoms with Gasteiger partial charge in [0.1, 0.15) is 5.69 Å². The standard InChI is InChI=1S/C11H8ClN5/c12-10-8(14)9(16-11(15)17-10)7-3-1-6(5-13)2-4-7/h1-4H,14H2,(H2,15,16,17). The van der Waals surface area contributed by atoms with Gasteiger partial charge in [-0.05, 0) is 12.1 Å². The smallest absolute Gasteiger partial charge is 0.222 e. The maximum atomic E-state index is 8.70. The Balaban J connectivity index is 2.56. The number of nitrogen functional groups attached to an aromatic ring is 2. The van der Waals surface area contributed by atoms with Crippen LogP contribution in [0.3, 0.4) is 0 Å². The molecule has 2 rings (SSSR count). The van der Waals surface area contributed by atoms with Gasteiger partial charge in [0.05, 0.1) is 17.3 Å². The highest BCUT2D eigenvalue weighted by Gasteiger charge is 2.10. The molecule has 2 aromatic rings. The van der Waals surface area contributed by atoms with E-state index in [1.165, 1.54) is 0 Å². The highest BCUT2D eigenvalue weighted by atomic mass is 35.5. The number of nitrogens with zero attached hydrogens (tertiary/aromatic N) is 3. The van der Waals surface area contributed by atoms with Crippen LogP contribution in [0.1, 0.15) is 5.56 Å². The molecule has 5 nitrogen and oxygen atoms in total. The van der Waals surface area contributed by atoms with Crippen LogP contribution >= 0.6 is 11.6 Å². The lowest BCUT2D eigenvalue weighted by atomic mass is 10.1. The van der Waals surface area contributed by atoms with Gasteiger partial charge in [0.2, 0.25) is 5.95 Å². The first-order chi connectivity index (χ1) is 8.11. The van der Waals surface area contributed by atoms with Crippen molar-refractivity contribution in [3.8, 4) is 17.3 Å². The van der Waals surface area contributed by atoms with Crippen molar-refractivity contribution in [2.24, 2.45) is 0 Å². The Hall–Kier alpha value is -2.32. The molecule has 84 valence electrons. The molecule has 0 aliphatic rings. The summed E-state index contributed by atoms with van der Waals surface area (Å²) in [7, 11) is 0. The summed E-state index contributed by atoms with van der Waals surface area (Å²) in [6.45, 7) is 0. The Morgan fingerprint density at radius 3 is 2.35 bits per heavy atom. The fourth-order valence-electron chi connectivity index (χ4n) is 1.38. The van der Waals surface area contributed by atoms with E-state index in [1.807, 2.05) is 6.07 Å². The summed E-state index contributed by atoms with van der Waals surface area (Å²) < 4.78 is 0. The summed E-state index contributed by atoms with van der Waals surface area (Å²) in [5, 5.41) is 8.82. The van der Waals surface area contributed by atoms with E-state index in [-0.39, 0.29) is 16.8 Å². The maximum Gasteiger partial charge on any atom is 0.222 e. The molecule has 17 heavy (non-hydrogen) atoms. The Kier molecular flexibility index (Phi) is 2.81. The van der Waals surface area contributed by atoms with Gasteiger partial charge >= 0.3 is 0 Å². The number of hydrogen-bond donors (Lipinski definition) is 2. The fourth-order valence-corrected chi connectivity index (χ4v) is 1.56. The van der Waals surface area contributed by atoms with Crippen LogP contribution in [0.15, 0.2) is 24.3 Å². The predicted molar refractivity (Wildman–Crippen MR) is 66.0 cm³/mol. The molecule has 0 atom stereocenters. The Bertz CT molecular complexity index is 600. The Morgan fingerprint density at radius 1 is 1.12 bits per heavy atom. The van der Waals surface area contributed by atoms with Crippen LogP contribution in [0.4, 0.5) is 11.6 Å². The number of rotatable bonds is 1. The van der Waals surface area contributed by atoms with E-state index < -0.39 is 0 Å². The van der Waals surface area contributed by atoms with E-state index in [2.05, 4.69) is 9.97 Å². The minimum Gasteiger partial charge on any atom is -0.394 e. The lowest BCUT2D eigenvalue weighted by Crippen LogP contribution is -2.02. The summed E-state index contributed by atoms with van der Waals surface area (Å²) in [5.74, 6) is 0.0589. The van der Waals surface area contributed by atoms with E-state index >= 15 is 0 Å². The molecule has 0 aliphatic heterocycles. The lowest BCUT2D eigenvalue weighted by molar-refractivity contribution is 1.19. The zero-order valence-corrected chi connectivity index (χ0v) is 9.44. The van der Waals surface area contributed by atoms with Gasteiger partial charge in [0.25, 0.3) is 0 Å². The average Bonchev–Trinajstić information content (AvgIpc) is 2.34. The third-order valence-electron chi connectivity index (χ3n) is 2.20. The van der Waals surface area contributed by atoms with Crippen LogP contribution in [0.25, 0.3) is 11.3 Å². The largest absolute Gasteiger partial charge is 0.394 e. The topological polar surface area (TPSA) is 102 Å². The second kappa shape index (κ2) is 4.28. The predicted octanol–water partition coefficient (Wildman–Crippen LogP) is 1.83. The van der Waals surface area contributed by atoms with Gasteiger partial charge in [-0.25, -0.2) is 4.98 Å². The average molecular weight is 246 g/mol.